The van der Waals surface area contributed by atoms with E-state index in [1.54, 1.807) is 0 Å². The van der Waals surface area contributed by atoms with E-state index in [-0.39, 0.29) is 35.5 Å². The van der Waals surface area contributed by atoms with Crippen molar-refractivity contribution in [3.05, 3.63) is 60.2 Å². The Morgan fingerprint density at radius 1 is 0.870 bits per heavy atom. The van der Waals surface area contributed by atoms with Crippen molar-refractivity contribution in [3.8, 4) is 0 Å². The predicted molar refractivity (Wildman–Crippen MR) is 87.2 cm³/mol. The molecule has 1 saturated heterocycles. The third kappa shape index (κ3) is 1.70. The van der Waals surface area contributed by atoms with Gasteiger partial charge in [-0.05, 0) is 34.6 Å². The molecular weight excluding hydrogens is 286 g/mol. The fourth-order valence-corrected chi connectivity index (χ4v) is 4.72. The predicted octanol–water partition coefficient (Wildman–Crippen LogP) is 3.15. The summed E-state index contributed by atoms with van der Waals surface area (Å²) in [5, 5.41) is 2.26. The van der Waals surface area contributed by atoms with E-state index in [0.29, 0.717) is 6.54 Å². The van der Waals surface area contributed by atoms with E-state index in [1.165, 1.54) is 4.90 Å². The standard InChI is InChI=1S/C20H17NO2/c22-19-17-13-8-9-14(10-13)18(17)20(23)21(19)11-15-6-3-5-12-4-1-2-7-16(12)15/h1-9,13-14,17-18H,10-11H2. The maximum Gasteiger partial charge on any atom is 0.234 e. The number of carbonyl (C=O) groups excluding carboxylic acids is 2. The molecule has 3 nitrogen and oxygen atoms in total. The second kappa shape index (κ2) is 4.54. The fourth-order valence-electron chi connectivity index (χ4n) is 4.72. The van der Waals surface area contributed by atoms with Crippen molar-refractivity contribution in [2.45, 2.75) is 13.0 Å². The highest BCUT2D eigenvalue weighted by atomic mass is 16.2. The van der Waals surface area contributed by atoms with Crippen LogP contribution in [0.15, 0.2) is 54.6 Å². The Morgan fingerprint density at radius 3 is 2.26 bits per heavy atom. The molecule has 2 bridgehead atoms. The SMILES string of the molecule is O=C1C2C3C=CC(C3)C2C(=O)N1Cc1cccc2ccccc12. The molecule has 4 atom stereocenters. The number of hydrogen-bond donors (Lipinski definition) is 0. The summed E-state index contributed by atoms with van der Waals surface area (Å²) in [6.07, 6.45) is 5.26. The molecule has 4 unspecified atom stereocenters. The lowest BCUT2D eigenvalue weighted by Gasteiger charge is -2.18. The molecule has 2 amide bonds. The van der Waals surface area contributed by atoms with E-state index in [2.05, 4.69) is 30.4 Å². The van der Waals surface area contributed by atoms with Gasteiger partial charge in [-0.15, -0.1) is 0 Å². The second-order valence-corrected chi connectivity index (χ2v) is 6.90. The average molecular weight is 303 g/mol. The number of rotatable bonds is 2. The van der Waals surface area contributed by atoms with Gasteiger partial charge in [0.1, 0.15) is 0 Å². The largest absolute Gasteiger partial charge is 0.278 e. The van der Waals surface area contributed by atoms with Crippen LogP contribution in [0.25, 0.3) is 10.8 Å². The molecular formula is C20H17NO2. The average Bonchev–Trinajstić information content (AvgIpc) is 3.25. The Hall–Kier alpha value is -2.42. The number of hydrogen-bond acceptors (Lipinski definition) is 2. The van der Waals surface area contributed by atoms with Crippen molar-refractivity contribution in [2.75, 3.05) is 0 Å². The first-order valence-electron chi connectivity index (χ1n) is 8.24. The third-order valence-corrected chi connectivity index (χ3v) is 5.77. The highest BCUT2D eigenvalue weighted by Gasteiger charge is 2.59. The highest BCUT2D eigenvalue weighted by Crippen LogP contribution is 2.52. The van der Waals surface area contributed by atoms with Gasteiger partial charge in [0.25, 0.3) is 0 Å². The van der Waals surface area contributed by atoms with E-state index in [0.717, 1.165) is 22.8 Å². The molecule has 1 saturated carbocycles. The minimum Gasteiger partial charge on any atom is -0.278 e. The minimum atomic E-state index is -0.104. The summed E-state index contributed by atoms with van der Waals surface area (Å²) < 4.78 is 0. The first kappa shape index (κ1) is 13.1. The summed E-state index contributed by atoms with van der Waals surface area (Å²) in [7, 11) is 0. The molecule has 5 rings (SSSR count). The maximum absolute atomic E-state index is 12.8. The Labute approximate surface area is 134 Å². The number of amides is 2. The smallest absolute Gasteiger partial charge is 0.234 e. The number of allylic oxidation sites excluding steroid dienone is 2. The second-order valence-electron chi connectivity index (χ2n) is 6.90. The molecule has 114 valence electrons. The van der Waals surface area contributed by atoms with Crippen LogP contribution in [0.2, 0.25) is 0 Å². The van der Waals surface area contributed by atoms with Crippen LogP contribution in [0.1, 0.15) is 12.0 Å². The van der Waals surface area contributed by atoms with Crippen LogP contribution >= 0.6 is 0 Å². The maximum atomic E-state index is 12.8. The Bertz CT molecular complexity index is 834. The molecule has 0 N–H and O–H groups in total. The molecule has 0 aromatic heterocycles. The van der Waals surface area contributed by atoms with Gasteiger partial charge in [-0.2, -0.15) is 0 Å². The Kier molecular flexibility index (Phi) is 2.58. The molecule has 0 spiro atoms. The number of likely N-dealkylation sites (tertiary alicyclic amines) is 1. The molecule has 2 aromatic carbocycles. The molecule has 3 heteroatoms. The van der Waals surface area contributed by atoms with Crippen molar-refractivity contribution >= 4 is 22.6 Å². The summed E-state index contributed by atoms with van der Waals surface area (Å²) in [6.45, 7) is 0.394. The van der Waals surface area contributed by atoms with Crippen molar-refractivity contribution in [3.63, 3.8) is 0 Å². The van der Waals surface area contributed by atoms with Crippen LogP contribution in [0.3, 0.4) is 0 Å². The third-order valence-electron chi connectivity index (χ3n) is 5.77. The van der Waals surface area contributed by atoms with E-state index >= 15 is 0 Å². The molecule has 23 heavy (non-hydrogen) atoms. The molecule has 3 aliphatic rings. The lowest BCUT2D eigenvalue weighted by molar-refractivity contribution is -0.141. The first-order valence-corrected chi connectivity index (χ1v) is 8.24. The van der Waals surface area contributed by atoms with Crippen molar-refractivity contribution < 1.29 is 9.59 Å². The van der Waals surface area contributed by atoms with Crippen molar-refractivity contribution in [1.82, 2.24) is 4.90 Å². The van der Waals surface area contributed by atoms with Crippen molar-refractivity contribution in [2.24, 2.45) is 23.7 Å². The summed E-state index contributed by atoms with van der Waals surface area (Å²) in [4.78, 5) is 27.1. The van der Waals surface area contributed by atoms with Crippen LogP contribution in [0, 0.1) is 23.7 Å². The van der Waals surface area contributed by atoms with Crippen LogP contribution in [0.5, 0.6) is 0 Å². The summed E-state index contributed by atoms with van der Waals surface area (Å²) in [5.74, 6) is 0.410. The minimum absolute atomic E-state index is 0.0322. The molecule has 2 aliphatic carbocycles. The lowest BCUT2D eigenvalue weighted by Crippen LogP contribution is -2.32. The highest BCUT2D eigenvalue weighted by molar-refractivity contribution is 6.06. The zero-order valence-electron chi connectivity index (χ0n) is 12.7. The topological polar surface area (TPSA) is 37.4 Å². The van der Waals surface area contributed by atoms with Gasteiger partial charge in [0.15, 0.2) is 0 Å². The number of nitrogens with zero attached hydrogens (tertiary/aromatic N) is 1. The monoisotopic (exact) mass is 303 g/mol. The molecule has 2 aromatic rings. The van der Waals surface area contributed by atoms with E-state index in [1.807, 2.05) is 24.3 Å². The van der Waals surface area contributed by atoms with Gasteiger partial charge in [-0.3, -0.25) is 14.5 Å². The summed E-state index contributed by atoms with van der Waals surface area (Å²) >= 11 is 0. The Morgan fingerprint density at radius 2 is 1.52 bits per heavy atom. The number of benzene rings is 2. The Balaban J connectivity index is 1.51. The van der Waals surface area contributed by atoms with Crippen LogP contribution < -0.4 is 0 Å². The zero-order chi connectivity index (χ0) is 15.6. The fraction of sp³-hybridized carbons (Fsp3) is 0.300. The van der Waals surface area contributed by atoms with Gasteiger partial charge >= 0.3 is 0 Å². The summed E-state index contributed by atoms with van der Waals surface area (Å²) in [5.41, 5.74) is 1.05. The molecule has 0 radical (unpaired) electrons. The normalized spacial score (nSPS) is 31.4. The van der Waals surface area contributed by atoms with Gasteiger partial charge < -0.3 is 0 Å². The van der Waals surface area contributed by atoms with Crippen LogP contribution in [0.4, 0.5) is 0 Å². The molecule has 1 heterocycles. The van der Waals surface area contributed by atoms with Crippen LogP contribution in [-0.2, 0) is 16.1 Å². The number of imide groups is 1. The zero-order valence-corrected chi connectivity index (χ0v) is 12.7. The van der Waals surface area contributed by atoms with E-state index in [4.69, 9.17) is 0 Å². The molecule has 2 fully saturated rings. The van der Waals surface area contributed by atoms with Crippen LogP contribution in [-0.4, -0.2) is 16.7 Å². The number of carbonyl (C=O) groups is 2. The van der Waals surface area contributed by atoms with E-state index in [9.17, 15) is 9.59 Å². The quantitative estimate of drug-likeness (QED) is 0.631. The van der Waals surface area contributed by atoms with Gasteiger partial charge in [0.2, 0.25) is 11.8 Å². The number of fused-ring (bicyclic) bond motifs is 6. The van der Waals surface area contributed by atoms with Gasteiger partial charge in [0.05, 0.1) is 18.4 Å². The first-order chi connectivity index (χ1) is 11.2. The lowest BCUT2D eigenvalue weighted by atomic mass is 9.85. The van der Waals surface area contributed by atoms with Gasteiger partial charge in [-0.1, -0.05) is 54.6 Å². The van der Waals surface area contributed by atoms with Gasteiger partial charge in [0, 0.05) is 0 Å². The van der Waals surface area contributed by atoms with Gasteiger partial charge in [-0.25, -0.2) is 0 Å². The summed E-state index contributed by atoms with van der Waals surface area (Å²) in [6, 6.07) is 14.2. The van der Waals surface area contributed by atoms with Crippen molar-refractivity contribution in [1.29, 1.82) is 0 Å². The molecule has 1 aliphatic heterocycles. The van der Waals surface area contributed by atoms with E-state index < -0.39 is 0 Å².